The molecule has 6 heteroatoms. The van der Waals surface area contributed by atoms with E-state index in [9.17, 15) is 13.2 Å². The largest absolute Gasteiger partial charge is 0.405 e. The molecule has 0 saturated heterocycles. The first-order valence-corrected chi connectivity index (χ1v) is 7.41. The number of rotatable bonds is 7. The summed E-state index contributed by atoms with van der Waals surface area (Å²) in [7, 11) is 0. The van der Waals surface area contributed by atoms with Crippen LogP contribution in [-0.2, 0) is 6.54 Å². The van der Waals surface area contributed by atoms with Gasteiger partial charge in [-0.1, -0.05) is 25.4 Å². The molecular weight excluding hydrogens is 301 g/mol. The van der Waals surface area contributed by atoms with Gasteiger partial charge in [-0.15, -0.1) is 0 Å². The minimum Gasteiger partial charge on any atom is -0.363 e. The van der Waals surface area contributed by atoms with E-state index < -0.39 is 12.7 Å². The van der Waals surface area contributed by atoms with Crippen molar-refractivity contribution in [2.45, 2.75) is 33.5 Å². The van der Waals surface area contributed by atoms with E-state index in [0.717, 1.165) is 12.1 Å². The maximum absolute atomic E-state index is 12.7. The lowest BCUT2D eigenvalue weighted by molar-refractivity contribution is -0.119. The van der Waals surface area contributed by atoms with Gasteiger partial charge in [-0.05, 0) is 43.1 Å². The Morgan fingerprint density at radius 2 is 1.95 bits per heavy atom. The molecule has 0 amide bonds. The third-order valence-electron chi connectivity index (χ3n) is 3.00. The standard InChI is InChI=1S/C15H22ClF3N2/c1-4-21(10-15(17,18)19)14-6-5-13(16)7-12(14)9-20-8-11(2)3/h5-7,11,20H,4,8-10H2,1-3H3. The first kappa shape index (κ1) is 18.1. The van der Waals surface area contributed by atoms with Crippen molar-refractivity contribution >= 4 is 17.3 Å². The first-order valence-electron chi connectivity index (χ1n) is 7.03. The topological polar surface area (TPSA) is 15.3 Å². The van der Waals surface area contributed by atoms with Gasteiger partial charge in [-0.2, -0.15) is 13.2 Å². The Balaban J connectivity index is 2.93. The van der Waals surface area contributed by atoms with Crippen molar-refractivity contribution in [3.8, 4) is 0 Å². The van der Waals surface area contributed by atoms with Gasteiger partial charge in [-0.25, -0.2) is 0 Å². The summed E-state index contributed by atoms with van der Waals surface area (Å²) in [5.41, 5.74) is 1.37. The van der Waals surface area contributed by atoms with E-state index in [1.165, 1.54) is 4.90 Å². The van der Waals surface area contributed by atoms with Crippen LogP contribution in [0.2, 0.25) is 5.02 Å². The van der Waals surface area contributed by atoms with Crippen LogP contribution in [-0.4, -0.2) is 25.8 Å². The van der Waals surface area contributed by atoms with Gasteiger partial charge in [0.05, 0.1) is 0 Å². The number of alkyl halides is 3. The fourth-order valence-corrected chi connectivity index (χ4v) is 2.28. The maximum atomic E-state index is 12.7. The normalized spacial score (nSPS) is 12.0. The SMILES string of the molecule is CCN(CC(F)(F)F)c1ccc(Cl)cc1CNCC(C)C. The zero-order chi connectivity index (χ0) is 16.0. The Kier molecular flexibility index (Phi) is 6.81. The molecule has 0 bridgehead atoms. The van der Waals surface area contributed by atoms with Crippen LogP contribution in [0.15, 0.2) is 18.2 Å². The summed E-state index contributed by atoms with van der Waals surface area (Å²) in [6.07, 6.45) is -4.22. The molecule has 0 radical (unpaired) electrons. The predicted molar refractivity (Wildman–Crippen MR) is 81.9 cm³/mol. The van der Waals surface area contributed by atoms with Crippen molar-refractivity contribution in [3.05, 3.63) is 28.8 Å². The van der Waals surface area contributed by atoms with E-state index in [1.54, 1.807) is 25.1 Å². The molecule has 0 saturated carbocycles. The highest BCUT2D eigenvalue weighted by Gasteiger charge is 2.31. The summed E-state index contributed by atoms with van der Waals surface area (Å²) in [6, 6.07) is 5.01. The van der Waals surface area contributed by atoms with Crippen LogP contribution in [0.5, 0.6) is 0 Å². The molecule has 2 nitrogen and oxygen atoms in total. The van der Waals surface area contributed by atoms with Crippen LogP contribution in [0.3, 0.4) is 0 Å². The highest BCUT2D eigenvalue weighted by Crippen LogP contribution is 2.27. The second kappa shape index (κ2) is 7.90. The molecule has 0 spiro atoms. The summed E-state index contributed by atoms with van der Waals surface area (Å²) >= 11 is 5.97. The molecule has 1 aromatic rings. The second-order valence-electron chi connectivity index (χ2n) is 5.43. The van der Waals surface area contributed by atoms with Crippen LogP contribution in [0.4, 0.5) is 18.9 Å². The molecule has 0 aliphatic heterocycles. The lowest BCUT2D eigenvalue weighted by Crippen LogP contribution is -2.35. The molecule has 0 aliphatic rings. The molecule has 120 valence electrons. The number of nitrogens with zero attached hydrogens (tertiary/aromatic N) is 1. The molecular formula is C15H22ClF3N2. The van der Waals surface area contributed by atoms with Crippen molar-refractivity contribution in [3.63, 3.8) is 0 Å². The quantitative estimate of drug-likeness (QED) is 0.796. The Bertz CT molecular complexity index is 447. The first-order chi connectivity index (χ1) is 9.73. The highest BCUT2D eigenvalue weighted by atomic mass is 35.5. The average Bonchev–Trinajstić information content (AvgIpc) is 2.35. The van der Waals surface area contributed by atoms with E-state index in [0.29, 0.717) is 29.7 Å². The Morgan fingerprint density at radius 3 is 2.48 bits per heavy atom. The number of hydrogen-bond donors (Lipinski definition) is 1. The molecule has 1 aromatic carbocycles. The molecule has 0 aromatic heterocycles. The zero-order valence-corrected chi connectivity index (χ0v) is 13.4. The Hall–Kier alpha value is -0.940. The Labute approximate surface area is 129 Å². The van der Waals surface area contributed by atoms with Gasteiger partial charge in [0.1, 0.15) is 6.54 Å². The maximum Gasteiger partial charge on any atom is 0.405 e. The van der Waals surface area contributed by atoms with Gasteiger partial charge in [0.15, 0.2) is 0 Å². The predicted octanol–water partition coefficient (Wildman–Crippen LogP) is 4.47. The minimum absolute atomic E-state index is 0.290. The molecule has 1 N–H and O–H groups in total. The molecule has 0 aliphatic carbocycles. The molecule has 0 heterocycles. The van der Waals surface area contributed by atoms with Gasteiger partial charge in [-0.3, -0.25) is 0 Å². The second-order valence-corrected chi connectivity index (χ2v) is 5.86. The zero-order valence-electron chi connectivity index (χ0n) is 12.6. The summed E-state index contributed by atoms with van der Waals surface area (Å²) in [5, 5.41) is 3.77. The summed E-state index contributed by atoms with van der Waals surface area (Å²) in [5.74, 6) is 0.477. The van der Waals surface area contributed by atoms with Crippen LogP contribution in [0.1, 0.15) is 26.3 Å². The van der Waals surface area contributed by atoms with Gasteiger partial charge >= 0.3 is 6.18 Å². The van der Waals surface area contributed by atoms with Crippen molar-refractivity contribution < 1.29 is 13.2 Å². The molecule has 0 fully saturated rings. The van der Waals surface area contributed by atoms with E-state index in [4.69, 9.17) is 11.6 Å². The number of benzene rings is 1. The molecule has 1 rings (SSSR count). The van der Waals surface area contributed by atoms with Crippen LogP contribution >= 0.6 is 11.6 Å². The lowest BCUT2D eigenvalue weighted by atomic mass is 10.1. The Morgan fingerprint density at radius 1 is 1.29 bits per heavy atom. The number of halogens is 4. The third kappa shape index (κ3) is 6.57. The molecule has 0 unspecified atom stereocenters. The number of hydrogen-bond acceptors (Lipinski definition) is 2. The van der Waals surface area contributed by atoms with Gasteiger partial charge in [0, 0.05) is 23.8 Å². The summed E-state index contributed by atoms with van der Waals surface area (Å²) in [6.45, 7) is 6.51. The van der Waals surface area contributed by atoms with E-state index in [-0.39, 0.29) is 0 Å². The lowest BCUT2D eigenvalue weighted by Gasteiger charge is -2.27. The third-order valence-corrected chi connectivity index (χ3v) is 3.24. The fraction of sp³-hybridized carbons (Fsp3) is 0.600. The van der Waals surface area contributed by atoms with Crippen LogP contribution < -0.4 is 10.2 Å². The summed E-state index contributed by atoms with van der Waals surface area (Å²) in [4.78, 5) is 1.32. The summed E-state index contributed by atoms with van der Waals surface area (Å²) < 4.78 is 38.0. The van der Waals surface area contributed by atoms with Gasteiger partial charge < -0.3 is 10.2 Å². The van der Waals surface area contributed by atoms with Crippen molar-refractivity contribution in [1.82, 2.24) is 5.32 Å². The highest BCUT2D eigenvalue weighted by molar-refractivity contribution is 6.30. The van der Waals surface area contributed by atoms with Gasteiger partial charge in [0.2, 0.25) is 0 Å². The van der Waals surface area contributed by atoms with Crippen molar-refractivity contribution in [1.29, 1.82) is 0 Å². The van der Waals surface area contributed by atoms with E-state index in [1.807, 2.05) is 0 Å². The molecule has 21 heavy (non-hydrogen) atoms. The van der Waals surface area contributed by atoms with E-state index in [2.05, 4.69) is 19.2 Å². The van der Waals surface area contributed by atoms with Crippen LogP contribution in [0, 0.1) is 5.92 Å². The molecule has 0 atom stereocenters. The van der Waals surface area contributed by atoms with E-state index >= 15 is 0 Å². The van der Waals surface area contributed by atoms with Crippen molar-refractivity contribution in [2.75, 3.05) is 24.5 Å². The minimum atomic E-state index is -4.22. The van der Waals surface area contributed by atoms with Crippen molar-refractivity contribution in [2.24, 2.45) is 5.92 Å². The fourth-order valence-electron chi connectivity index (χ4n) is 2.08. The van der Waals surface area contributed by atoms with Crippen LogP contribution in [0.25, 0.3) is 0 Å². The monoisotopic (exact) mass is 322 g/mol. The average molecular weight is 323 g/mol. The number of anilines is 1. The smallest absolute Gasteiger partial charge is 0.363 e. The van der Waals surface area contributed by atoms with Gasteiger partial charge in [0.25, 0.3) is 0 Å². The number of nitrogens with one attached hydrogen (secondary N) is 1.